The van der Waals surface area contributed by atoms with E-state index < -0.39 is 11.3 Å². The molecule has 2 saturated heterocycles. The number of pyridine rings is 1. The third kappa shape index (κ3) is 4.70. The Morgan fingerprint density at radius 2 is 1.87 bits per heavy atom. The molecule has 31 heavy (non-hydrogen) atoms. The second-order valence-electron chi connectivity index (χ2n) is 8.14. The van der Waals surface area contributed by atoms with Gasteiger partial charge in [0.1, 0.15) is 5.41 Å². The number of carbonyl (C=O) groups is 2. The van der Waals surface area contributed by atoms with Crippen LogP contribution < -0.4 is 16.0 Å². The summed E-state index contributed by atoms with van der Waals surface area (Å²) in [5.74, 6) is -0.504. The molecule has 3 N–H and O–H groups in total. The zero-order valence-corrected chi connectivity index (χ0v) is 17.6. The molecule has 8 nitrogen and oxygen atoms in total. The summed E-state index contributed by atoms with van der Waals surface area (Å²) >= 11 is 0. The Kier molecular flexibility index (Phi) is 6.48. The largest absolute Gasteiger partial charge is 0.378 e. The molecule has 2 aliphatic heterocycles. The fourth-order valence-electron chi connectivity index (χ4n) is 4.51. The molecule has 0 saturated carbocycles. The first-order chi connectivity index (χ1) is 15.1. The minimum atomic E-state index is -0.870. The average molecular weight is 424 g/mol. The SMILES string of the molecule is NC(=O)[C@]1(c2ccccn2)CCCN(CC(=O)Nc2ccccc2N2CCOCC2)C1. The van der Waals surface area contributed by atoms with Crippen molar-refractivity contribution in [2.24, 2.45) is 5.73 Å². The van der Waals surface area contributed by atoms with Gasteiger partial charge in [-0.3, -0.25) is 19.5 Å². The fraction of sp³-hybridized carbons (Fsp3) is 0.435. The Hall–Kier alpha value is -2.97. The third-order valence-electron chi connectivity index (χ3n) is 6.10. The zero-order valence-electron chi connectivity index (χ0n) is 17.6. The molecule has 1 aromatic heterocycles. The first kappa shape index (κ1) is 21.3. The Bertz CT molecular complexity index is 916. The number of nitrogens with two attached hydrogens (primary N) is 1. The van der Waals surface area contributed by atoms with Gasteiger partial charge in [-0.1, -0.05) is 18.2 Å². The summed E-state index contributed by atoms with van der Waals surface area (Å²) in [6.07, 6.45) is 3.09. The molecule has 0 unspecified atom stereocenters. The van der Waals surface area contributed by atoms with Gasteiger partial charge in [0.05, 0.1) is 36.8 Å². The molecule has 4 rings (SSSR count). The quantitative estimate of drug-likeness (QED) is 0.728. The Morgan fingerprint density at radius 1 is 1.10 bits per heavy atom. The van der Waals surface area contributed by atoms with Crippen molar-refractivity contribution in [1.29, 1.82) is 0 Å². The van der Waals surface area contributed by atoms with E-state index in [-0.39, 0.29) is 12.5 Å². The lowest BCUT2D eigenvalue weighted by Crippen LogP contribution is -2.55. The van der Waals surface area contributed by atoms with Crippen LogP contribution >= 0.6 is 0 Å². The minimum absolute atomic E-state index is 0.109. The van der Waals surface area contributed by atoms with Gasteiger partial charge in [0.15, 0.2) is 0 Å². The van der Waals surface area contributed by atoms with E-state index in [9.17, 15) is 9.59 Å². The number of anilines is 2. The number of hydrogen-bond acceptors (Lipinski definition) is 6. The maximum Gasteiger partial charge on any atom is 0.238 e. The van der Waals surface area contributed by atoms with Crippen LogP contribution in [0.5, 0.6) is 0 Å². The monoisotopic (exact) mass is 423 g/mol. The summed E-state index contributed by atoms with van der Waals surface area (Å²) in [7, 11) is 0. The molecule has 2 fully saturated rings. The van der Waals surface area contributed by atoms with Crippen LogP contribution in [0.15, 0.2) is 48.7 Å². The summed E-state index contributed by atoms with van der Waals surface area (Å²) < 4.78 is 5.44. The first-order valence-corrected chi connectivity index (χ1v) is 10.7. The highest BCUT2D eigenvalue weighted by Crippen LogP contribution is 2.33. The van der Waals surface area contributed by atoms with Crippen molar-refractivity contribution >= 4 is 23.2 Å². The molecule has 0 aliphatic carbocycles. The summed E-state index contributed by atoms with van der Waals surface area (Å²) in [6, 6.07) is 13.3. The van der Waals surface area contributed by atoms with E-state index in [4.69, 9.17) is 10.5 Å². The molecule has 0 spiro atoms. The van der Waals surface area contributed by atoms with Crippen LogP contribution in [0.25, 0.3) is 0 Å². The van der Waals surface area contributed by atoms with E-state index in [0.29, 0.717) is 31.9 Å². The number of piperidine rings is 1. The molecule has 2 amide bonds. The van der Waals surface area contributed by atoms with Gasteiger partial charge in [-0.2, -0.15) is 0 Å². The standard InChI is InChI=1S/C23H29N5O3/c24-22(30)23(20-8-3-4-10-25-20)9-5-11-27(17-23)16-21(29)26-18-6-1-2-7-19(18)28-12-14-31-15-13-28/h1-4,6-8,10H,5,9,11-17H2,(H2,24,30)(H,26,29)/t23-/m1/s1. The van der Waals surface area contributed by atoms with Gasteiger partial charge in [0.2, 0.25) is 11.8 Å². The normalized spacial score (nSPS) is 22.1. The molecule has 8 heteroatoms. The number of hydrogen-bond donors (Lipinski definition) is 2. The molecule has 1 aromatic carbocycles. The van der Waals surface area contributed by atoms with E-state index in [0.717, 1.165) is 37.4 Å². The van der Waals surface area contributed by atoms with Gasteiger partial charge in [0, 0.05) is 25.8 Å². The van der Waals surface area contributed by atoms with Gasteiger partial charge in [-0.25, -0.2) is 0 Å². The summed E-state index contributed by atoms with van der Waals surface area (Å²) in [5.41, 5.74) is 7.42. The molecular weight excluding hydrogens is 394 g/mol. The number of rotatable bonds is 6. The maximum atomic E-state index is 12.9. The number of aromatic nitrogens is 1. The van der Waals surface area contributed by atoms with Crippen LogP contribution in [0, 0.1) is 0 Å². The molecule has 2 aromatic rings. The van der Waals surface area contributed by atoms with E-state index in [1.54, 1.807) is 6.20 Å². The van der Waals surface area contributed by atoms with Gasteiger partial charge in [-0.15, -0.1) is 0 Å². The molecule has 1 atom stereocenters. The summed E-state index contributed by atoms with van der Waals surface area (Å²) in [4.78, 5) is 34.0. The van der Waals surface area contributed by atoms with Crippen molar-refractivity contribution < 1.29 is 14.3 Å². The van der Waals surface area contributed by atoms with Gasteiger partial charge >= 0.3 is 0 Å². The highest BCUT2D eigenvalue weighted by Gasteiger charge is 2.43. The molecule has 164 valence electrons. The highest BCUT2D eigenvalue weighted by molar-refractivity contribution is 5.95. The zero-order chi connectivity index (χ0) is 21.7. The molecule has 3 heterocycles. The Morgan fingerprint density at radius 3 is 2.61 bits per heavy atom. The van der Waals surface area contributed by atoms with Crippen LogP contribution in [0.4, 0.5) is 11.4 Å². The molecule has 0 radical (unpaired) electrons. The number of benzene rings is 1. The second-order valence-corrected chi connectivity index (χ2v) is 8.14. The van der Waals surface area contributed by atoms with Crippen LogP contribution in [0.2, 0.25) is 0 Å². The van der Waals surface area contributed by atoms with Crippen molar-refractivity contribution in [2.75, 3.05) is 56.2 Å². The van der Waals surface area contributed by atoms with Crippen molar-refractivity contribution in [3.8, 4) is 0 Å². The van der Waals surface area contributed by atoms with Crippen LogP contribution in [0.1, 0.15) is 18.5 Å². The molecule has 2 aliphatic rings. The van der Waals surface area contributed by atoms with Crippen molar-refractivity contribution in [3.05, 3.63) is 54.4 Å². The Balaban J connectivity index is 1.45. The number of nitrogens with zero attached hydrogens (tertiary/aromatic N) is 3. The van der Waals surface area contributed by atoms with E-state index >= 15 is 0 Å². The van der Waals surface area contributed by atoms with Crippen LogP contribution in [-0.4, -0.2) is 67.6 Å². The maximum absolute atomic E-state index is 12.9. The number of morpholine rings is 1. The predicted molar refractivity (Wildman–Crippen MR) is 119 cm³/mol. The Labute approximate surface area is 182 Å². The van der Waals surface area contributed by atoms with Gasteiger partial charge < -0.3 is 20.7 Å². The number of likely N-dealkylation sites (tertiary alicyclic amines) is 1. The van der Waals surface area contributed by atoms with Crippen molar-refractivity contribution in [2.45, 2.75) is 18.3 Å². The highest BCUT2D eigenvalue weighted by atomic mass is 16.5. The van der Waals surface area contributed by atoms with Crippen molar-refractivity contribution in [3.63, 3.8) is 0 Å². The van der Waals surface area contributed by atoms with E-state index in [1.165, 1.54) is 0 Å². The van der Waals surface area contributed by atoms with E-state index in [1.807, 2.05) is 47.4 Å². The molecular formula is C23H29N5O3. The summed E-state index contributed by atoms with van der Waals surface area (Å²) in [5, 5.41) is 3.06. The number of nitrogens with one attached hydrogen (secondary N) is 1. The lowest BCUT2D eigenvalue weighted by atomic mass is 9.76. The summed E-state index contributed by atoms with van der Waals surface area (Å²) in [6.45, 7) is 4.27. The fourth-order valence-corrected chi connectivity index (χ4v) is 4.51. The van der Waals surface area contributed by atoms with Crippen LogP contribution in [-0.2, 0) is 19.7 Å². The number of ether oxygens (including phenoxy) is 1. The topological polar surface area (TPSA) is 101 Å². The van der Waals surface area contributed by atoms with Crippen LogP contribution in [0.3, 0.4) is 0 Å². The first-order valence-electron chi connectivity index (χ1n) is 10.7. The number of amides is 2. The van der Waals surface area contributed by atoms with Gasteiger partial charge in [0.25, 0.3) is 0 Å². The smallest absolute Gasteiger partial charge is 0.238 e. The molecule has 0 bridgehead atoms. The minimum Gasteiger partial charge on any atom is -0.378 e. The number of para-hydroxylation sites is 2. The second kappa shape index (κ2) is 9.45. The van der Waals surface area contributed by atoms with Crippen molar-refractivity contribution in [1.82, 2.24) is 9.88 Å². The van der Waals surface area contributed by atoms with Gasteiger partial charge in [-0.05, 0) is 43.7 Å². The van der Waals surface area contributed by atoms with E-state index in [2.05, 4.69) is 15.2 Å². The lowest BCUT2D eigenvalue weighted by Gasteiger charge is -2.40. The lowest BCUT2D eigenvalue weighted by molar-refractivity contribution is -0.127. The predicted octanol–water partition coefficient (Wildman–Crippen LogP) is 1.38. The number of primary amides is 1. The number of carbonyl (C=O) groups excluding carboxylic acids is 2. The third-order valence-corrected chi connectivity index (χ3v) is 6.10. The average Bonchev–Trinajstić information content (AvgIpc) is 2.80.